The number of hydrogen-bond donors (Lipinski definition) is 0. The molecule has 1 atom stereocenters. The topological polar surface area (TPSA) is 68.3 Å². The normalized spacial score (nSPS) is 23.9. The molecule has 0 radical (unpaired) electrons. The third-order valence-corrected chi connectivity index (χ3v) is 4.40. The maximum atomic E-state index is 12.3. The average molecular weight is 362 g/mol. The zero-order chi connectivity index (χ0) is 18.8. The summed E-state index contributed by atoms with van der Waals surface area (Å²) in [6.45, 7) is 7.93. The average Bonchev–Trinajstić information content (AvgIpc) is 2.96. The molecule has 7 nitrogen and oxygen atoms in total. The van der Waals surface area contributed by atoms with Gasteiger partial charge in [0.1, 0.15) is 11.2 Å². The number of carbonyl (C=O) groups is 2. The fraction of sp³-hybridized carbons (Fsp3) is 0.579. The lowest BCUT2D eigenvalue weighted by Gasteiger charge is -2.40. The molecule has 7 heteroatoms. The fourth-order valence-corrected chi connectivity index (χ4v) is 3.20. The molecule has 1 amide bonds. The molecule has 0 aromatic heterocycles. The smallest absolute Gasteiger partial charge is 0.410 e. The van der Waals surface area contributed by atoms with Gasteiger partial charge in [-0.3, -0.25) is 0 Å². The predicted octanol–water partition coefficient (Wildman–Crippen LogP) is 2.47. The minimum Gasteiger partial charge on any atom is -0.444 e. The molecule has 2 heterocycles. The van der Waals surface area contributed by atoms with Crippen molar-refractivity contribution in [3.63, 3.8) is 0 Å². The van der Waals surface area contributed by atoms with Crippen molar-refractivity contribution >= 4 is 12.1 Å². The van der Waals surface area contributed by atoms with Gasteiger partial charge < -0.3 is 19.2 Å². The summed E-state index contributed by atoms with van der Waals surface area (Å²) in [6, 6.07) is 8.88. The summed E-state index contributed by atoms with van der Waals surface area (Å²) in [6.07, 6.45) is 0.355. The summed E-state index contributed by atoms with van der Waals surface area (Å²) in [4.78, 5) is 31.7. The molecule has 2 fully saturated rings. The lowest BCUT2D eigenvalue weighted by molar-refractivity contribution is -0.138. The Morgan fingerprint density at radius 1 is 1.12 bits per heavy atom. The zero-order valence-electron chi connectivity index (χ0n) is 15.6. The molecule has 26 heavy (non-hydrogen) atoms. The van der Waals surface area contributed by atoms with Crippen molar-refractivity contribution < 1.29 is 23.9 Å². The number of carbonyl (C=O) groups excluding carboxylic acids is 2. The molecule has 1 spiro atoms. The maximum Gasteiger partial charge on any atom is 0.410 e. The van der Waals surface area contributed by atoms with E-state index < -0.39 is 11.2 Å². The Bertz CT molecular complexity index is 658. The minimum absolute atomic E-state index is 0.333. The van der Waals surface area contributed by atoms with Crippen LogP contribution in [0.25, 0.3) is 0 Å². The zero-order valence-corrected chi connectivity index (χ0v) is 15.6. The number of morpholine rings is 1. The lowest BCUT2D eigenvalue weighted by Crippen LogP contribution is -2.55. The molecule has 2 aliphatic rings. The Hall–Kier alpha value is -2.12. The molecule has 1 unspecified atom stereocenters. The fourth-order valence-electron chi connectivity index (χ4n) is 3.20. The van der Waals surface area contributed by atoms with Gasteiger partial charge in [0.05, 0.1) is 25.3 Å². The number of amides is 1. The second kappa shape index (κ2) is 7.25. The summed E-state index contributed by atoms with van der Waals surface area (Å²) in [5.41, 5.74) is -0.546. The molecule has 142 valence electrons. The van der Waals surface area contributed by atoms with Gasteiger partial charge in [0.15, 0.2) is 0 Å². The standard InChI is InChI=1S/C19H26N2O5/c1-18(2,3)25-17(23)20-11-12-24-19(13-20)9-10-21(14-19)26-16(22)15-7-5-4-6-8-15/h4-8H,9-14H2,1-3H3. The van der Waals surface area contributed by atoms with Crippen molar-refractivity contribution in [2.75, 3.05) is 32.8 Å². The van der Waals surface area contributed by atoms with E-state index in [1.165, 1.54) is 0 Å². The molecule has 0 aliphatic carbocycles. The van der Waals surface area contributed by atoms with Gasteiger partial charge in [0, 0.05) is 13.1 Å². The number of hydroxylamine groups is 2. The summed E-state index contributed by atoms with van der Waals surface area (Å²) in [7, 11) is 0. The Morgan fingerprint density at radius 3 is 2.54 bits per heavy atom. The van der Waals surface area contributed by atoms with Crippen LogP contribution in [0.1, 0.15) is 37.6 Å². The van der Waals surface area contributed by atoms with Gasteiger partial charge in [-0.1, -0.05) is 18.2 Å². The molecule has 2 aliphatic heterocycles. The summed E-state index contributed by atoms with van der Waals surface area (Å²) in [5.74, 6) is -0.387. The summed E-state index contributed by atoms with van der Waals surface area (Å²) >= 11 is 0. The SMILES string of the molecule is CC(C)(C)OC(=O)N1CCOC2(CCN(OC(=O)c3ccccc3)C2)C1. The highest BCUT2D eigenvalue weighted by molar-refractivity contribution is 5.89. The van der Waals surface area contributed by atoms with Crippen LogP contribution in [0.2, 0.25) is 0 Å². The van der Waals surface area contributed by atoms with E-state index in [0.717, 1.165) is 0 Å². The second-order valence-corrected chi connectivity index (χ2v) is 7.79. The van der Waals surface area contributed by atoms with Gasteiger partial charge in [-0.2, -0.15) is 0 Å². The summed E-state index contributed by atoms with van der Waals surface area (Å²) < 4.78 is 11.4. The quantitative estimate of drug-likeness (QED) is 0.805. The first-order valence-corrected chi connectivity index (χ1v) is 8.91. The number of hydrogen-bond acceptors (Lipinski definition) is 6. The van der Waals surface area contributed by atoms with Crippen LogP contribution in [0, 0.1) is 0 Å². The molecule has 0 saturated carbocycles. The van der Waals surface area contributed by atoms with Crippen molar-refractivity contribution in [3.8, 4) is 0 Å². The van der Waals surface area contributed by atoms with Crippen molar-refractivity contribution in [1.29, 1.82) is 0 Å². The van der Waals surface area contributed by atoms with Crippen molar-refractivity contribution in [3.05, 3.63) is 35.9 Å². The first-order chi connectivity index (χ1) is 12.3. The highest BCUT2D eigenvalue weighted by atomic mass is 16.7. The first kappa shape index (κ1) is 18.7. The molecule has 1 aromatic carbocycles. The van der Waals surface area contributed by atoms with Gasteiger partial charge in [0.25, 0.3) is 0 Å². The molecular formula is C19H26N2O5. The van der Waals surface area contributed by atoms with E-state index in [2.05, 4.69) is 0 Å². The van der Waals surface area contributed by atoms with Crippen LogP contribution in [0.5, 0.6) is 0 Å². The molecule has 1 aromatic rings. The van der Waals surface area contributed by atoms with Gasteiger partial charge in [-0.25, -0.2) is 9.59 Å². The van der Waals surface area contributed by atoms with Crippen molar-refractivity contribution in [1.82, 2.24) is 9.96 Å². The molecule has 0 N–H and O–H groups in total. The van der Waals surface area contributed by atoms with Crippen LogP contribution < -0.4 is 0 Å². The third kappa shape index (κ3) is 4.53. The van der Waals surface area contributed by atoms with Crippen molar-refractivity contribution in [2.45, 2.75) is 38.4 Å². The van der Waals surface area contributed by atoms with Gasteiger partial charge in [-0.05, 0) is 39.3 Å². The van der Waals surface area contributed by atoms with Crippen LogP contribution in [-0.2, 0) is 14.3 Å². The Kier molecular flexibility index (Phi) is 5.20. The van der Waals surface area contributed by atoms with E-state index in [-0.39, 0.29) is 12.1 Å². The number of rotatable bonds is 2. The van der Waals surface area contributed by atoms with Gasteiger partial charge in [0.2, 0.25) is 0 Å². The van der Waals surface area contributed by atoms with Crippen LogP contribution in [0.15, 0.2) is 30.3 Å². The van der Waals surface area contributed by atoms with E-state index in [0.29, 0.717) is 44.8 Å². The Labute approximate surface area is 153 Å². The van der Waals surface area contributed by atoms with E-state index in [4.69, 9.17) is 14.3 Å². The van der Waals surface area contributed by atoms with Gasteiger partial charge >= 0.3 is 12.1 Å². The van der Waals surface area contributed by atoms with E-state index in [1.807, 2.05) is 26.8 Å². The first-order valence-electron chi connectivity index (χ1n) is 8.91. The van der Waals surface area contributed by atoms with E-state index in [9.17, 15) is 9.59 Å². The minimum atomic E-state index is -0.532. The number of ether oxygens (including phenoxy) is 2. The maximum absolute atomic E-state index is 12.3. The van der Waals surface area contributed by atoms with Crippen molar-refractivity contribution in [2.24, 2.45) is 0 Å². The Balaban J connectivity index is 1.58. The van der Waals surface area contributed by atoms with Crippen LogP contribution in [0.4, 0.5) is 4.79 Å². The van der Waals surface area contributed by atoms with Gasteiger partial charge in [-0.15, -0.1) is 5.06 Å². The lowest BCUT2D eigenvalue weighted by atomic mass is 10.0. The van der Waals surface area contributed by atoms with Crippen LogP contribution in [0.3, 0.4) is 0 Å². The predicted molar refractivity (Wildman–Crippen MR) is 94.5 cm³/mol. The largest absolute Gasteiger partial charge is 0.444 e. The number of benzene rings is 1. The molecule has 0 bridgehead atoms. The monoisotopic (exact) mass is 362 g/mol. The highest BCUT2D eigenvalue weighted by Gasteiger charge is 2.46. The molecule has 2 saturated heterocycles. The van der Waals surface area contributed by atoms with E-state index in [1.54, 1.807) is 34.2 Å². The van der Waals surface area contributed by atoms with Crippen LogP contribution in [-0.4, -0.2) is 66.0 Å². The second-order valence-electron chi connectivity index (χ2n) is 7.79. The Morgan fingerprint density at radius 2 is 1.85 bits per heavy atom. The number of nitrogens with zero attached hydrogens (tertiary/aromatic N) is 2. The highest BCUT2D eigenvalue weighted by Crippen LogP contribution is 2.30. The van der Waals surface area contributed by atoms with E-state index >= 15 is 0 Å². The van der Waals surface area contributed by atoms with Crippen LogP contribution >= 0.6 is 0 Å². The summed E-state index contributed by atoms with van der Waals surface area (Å²) in [5, 5.41) is 1.62. The molecular weight excluding hydrogens is 336 g/mol. The third-order valence-electron chi connectivity index (χ3n) is 4.40. The molecule has 3 rings (SSSR count).